The van der Waals surface area contributed by atoms with Crippen molar-refractivity contribution in [1.82, 2.24) is 73.7 Å². The molecule has 43 heteroatoms. The third-order valence-electron chi connectivity index (χ3n) is 18.7. The van der Waals surface area contributed by atoms with Gasteiger partial charge in [0.15, 0.2) is 6.10 Å². The molecule has 14 amide bonds. The minimum atomic E-state index is -3.02. The zero-order valence-corrected chi connectivity index (χ0v) is 65.0. The second kappa shape index (κ2) is 48.9. The lowest BCUT2D eigenvalue weighted by atomic mass is 9.98. The molecule has 0 radical (unpaired) electrons. The van der Waals surface area contributed by atoms with Crippen LogP contribution in [0.25, 0.3) is 10.9 Å². The lowest BCUT2D eigenvalue weighted by Gasteiger charge is -2.32. The van der Waals surface area contributed by atoms with Gasteiger partial charge in [-0.25, -0.2) is 9.59 Å². The fourth-order valence-electron chi connectivity index (χ4n) is 11.7. The van der Waals surface area contributed by atoms with E-state index in [0.717, 1.165) is 46.6 Å². The molecule has 0 spiro atoms. The molecular formula is C72H108N16O27. The Morgan fingerprint density at radius 1 is 0.583 bits per heavy atom. The van der Waals surface area contributed by atoms with Crippen molar-refractivity contribution in [3.05, 3.63) is 36.0 Å². The molecule has 638 valence electrons. The summed E-state index contributed by atoms with van der Waals surface area (Å²) in [6.45, 7) is 6.69. The molecule has 3 rings (SSSR count). The number of carboxylic acids is 5. The predicted octanol–water partition coefficient (Wildman–Crippen LogP) is -4.86. The molecule has 23 N–H and O–H groups in total. The standard InChI is InChI=1S/C72H108N16O27/c1-8-35(3)18-12-10-11-13-22-50(90)78-45(28-39-32-75-41-20-15-14-19-40(39)41)66(107)81-44(24-26-54(95)96)65(106)87-59(60(101)71(112)113)69(110)86-58-38(6)115-72(114)57(36(4)9-2)85-64(105)43(23-25-53(93)94)82-67(108)46(29-49(74)89)79-51(91)33-76-62(103)47(30-55(97)98)84-63(104)42(21-16-17-27-73)80-68(109)48(31-56(99)100)83-61(102)37(5)77-52(92)34-88(7)70(58)111/h14-15,19-20,32,35-38,42-48,57-60,75,101H,8-13,16-18,21-31,33-34,73H2,1-7H3,(H2,74,89)(H,76,103)(H,77,92)(H,78,90)(H,79,91)(H,80,109)(H,81,107)(H,82,108)(H,83,102)(H,84,104)(H,85,105)(H,86,110)(H,87,106)(H,93,94)(H,95,96)(H,97,98)(H,99,100)(H,112,113)/t35-,36+,37+,38-,42-,43-,44-,45+,46-,47+,48+,57+,58+,59+,60+/m1/s1. The number of benzene rings is 1. The second-order valence-corrected chi connectivity index (χ2v) is 28.1. The summed E-state index contributed by atoms with van der Waals surface area (Å²) in [4.78, 5) is 275. The molecule has 2 aromatic rings. The molecule has 1 aliphatic rings. The van der Waals surface area contributed by atoms with Gasteiger partial charge in [0.1, 0.15) is 72.6 Å². The van der Waals surface area contributed by atoms with Crippen LogP contribution in [-0.2, 0) is 107 Å². The number of aliphatic hydroxyl groups is 1. The molecule has 2 heterocycles. The Morgan fingerprint density at radius 2 is 1.15 bits per heavy atom. The number of carboxylic acid groups (broad SMARTS) is 5. The van der Waals surface area contributed by atoms with Crippen LogP contribution in [0.15, 0.2) is 30.5 Å². The maximum absolute atomic E-state index is 14.9. The molecule has 43 nitrogen and oxygen atoms in total. The van der Waals surface area contributed by atoms with Crippen molar-refractivity contribution in [2.75, 3.05) is 26.7 Å². The monoisotopic (exact) mass is 1630 g/mol. The highest BCUT2D eigenvalue weighted by atomic mass is 16.5. The van der Waals surface area contributed by atoms with Crippen LogP contribution in [0, 0.1) is 11.8 Å². The third-order valence-corrected chi connectivity index (χ3v) is 18.7. The van der Waals surface area contributed by atoms with Crippen molar-refractivity contribution in [2.24, 2.45) is 23.3 Å². The number of nitrogens with one attached hydrogen (secondary N) is 13. The number of aromatic amines is 1. The average molecular weight is 1630 g/mol. The molecule has 1 aromatic heterocycles. The average Bonchev–Trinajstić information content (AvgIpc) is 1.77. The summed E-state index contributed by atoms with van der Waals surface area (Å²) in [7, 11) is 0.882. The fourth-order valence-corrected chi connectivity index (χ4v) is 11.7. The number of ether oxygens (including phenoxy) is 1. The summed E-state index contributed by atoms with van der Waals surface area (Å²) in [5, 5.41) is 87.6. The summed E-state index contributed by atoms with van der Waals surface area (Å²) < 4.78 is 5.72. The predicted molar refractivity (Wildman–Crippen MR) is 400 cm³/mol. The van der Waals surface area contributed by atoms with Crippen molar-refractivity contribution in [1.29, 1.82) is 0 Å². The number of aromatic nitrogens is 1. The highest BCUT2D eigenvalue weighted by Gasteiger charge is 2.43. The third kappa shape index (κ3) is 34.1. The molecule has 0 unspecified atom stereocenters. The van der Waals surface area contributed by atoms with Crippen molar-refractivity contribution < 1.29 is 131 Å². The highest BCUT2D eigenvalue weighted by molar-refractivity contribution is 6.02. The van der Waals surface area contributed by atoms with Crippen LogP contribution in [0.5, 0.6) is 0 Å². The number of hydrogen-bond acceptors (Lipinski definition) is 23. The molecular weight excluding hydrogens is 1520 g/mol. The van der Waals surface area contributed by atoms with E-state index in [0.29, 0.717) is 40.1 Å². The number of primary amides is 1. The molecule has 1 aliphatic heterocycles. The first kappa shape index (κ1) is 97.3. The lowest BCUT2D eigenvalue weighted by molar-refractivity contribution is -0.159. The maximum atomic E-state index is 14.9. The van der Waals surface area contributed by atoms with Crippen LogP contribution in [0.4, 0.5) is 0 Å². The molecule has 1 fully saturated rings. The number of rotatable bonds is 37. The van der Waals surface area contributed by atoms with Crippen molar-refractivity contribution in [3.8, 4) is 0 Å². The van der Waals surface area contributed by atoms with Crippen molar-refractivity contribution >= 4 is 129 Å². The van der Waals surface area contributed by atoms with Crippen molar-refractivity contribution in [3.63, 3.8) is 0 Å². The van der Waals surface area contributed by atoms with E-state index in [2.05, 4.69) is 72.0 Å². The highest BCUT2D eigenvalue weighted by Crippen LogP contribution is 2.21. The largest absolute Gasteiger partial charge is 0.481 e. The smallest absolute Gasteiger partial charge is 0.335 e. The molecule has 0 saturated carbocycles. The maximum Gasteiger partial charge on any atom is 0.335 e. The number of fused-ring (bicyclic) bond motifs is 1. The van der Waals surface area contributed by atoms with Gasteiger partial charge in [0, 0.05) is 49.8 Å². The van der Waals surface area contributed by atoms with E-state index in [1.165, 1.54) is 13.8 Å². The summed E-state index contributed by atoms with van der Waals surface area (Å²) in [6, 6.07) is -15.6. The molecule has 1 saturated heterocycles. The van der Waals surface area contributed by atoms with Crippen LogP contribution >= 0.6 is 0 Å². The number of likely N-dealkylation sites (N-methyl/N-ethyl adjacent to an activating group) is 1. The van der Waals surface area contributed by atoms with Gasteiger partial charge in [0.2, 0.25) is 82.7 Å². The minimum absolute atomic E-state index is 0.0265. The SMILES string of the molecule is CC[C@@H](C)CCCCCCC(=O)N[C@@H](Cc1c[nH]c2ccccc12)C(=O)N[C@H](CCC(=O)O)C(=O)N[C@H](C(=O)N[C@@H]1C(=O)N(C)CC(=O)N[C@@H](C)C(=O)N[C@@H](CC(=O)O)C(=O)N[C@H](CCCCN)C(=O)N[C@@H](CC(=O)O)C(=O)NCC(=O)N[C@H](CC(N)=O)C(=O)N[C@H](CCC(=O)O)C(=O)N[C@@H]([C@@H](C)CC)C(=O)O[C@@H]1C)[C@H](O)C(=O)O. The first-order chi connectivity index (χ1) is 54.1. The van der Waals surface area contributed by atoms with Gasteiger partial charge in [-0.2, -0.15) is 0 Å². The van der Waals surface area contributed by atoms with Gasteiger partial charge in [-0.05, 0) is 82.4 Å². The second-order valence-electron chi connectivity index (χ2n) is 28.1. The number of carbonyl (C=O) groups is 20. The van der Waals surface area contributed by atoms with Gasteiger partial charge < -0.3 is 121 Å². The minimum Gasteiger partial charge on any atom is -0.481 e. The molecule has 1 aromatic carbocycles. The number of unbranched alkanes of at least 4 members (excludes halogenated alkanes) is 4. The first-order valence-electron chi connectivity index (χ1n) is 37.5. The van der Waals surface area contributed by atoms with E-state index in [9.17, 15) is 127 Å². The Labute approximate surface area is 660 Å². The number of H-pyrrole nitrogens is 1. The van der Waals surface area contributed by atoms with Gasteiger partial charge in [-0.3, -0.25) is 86.3 Å². The van der Waals surface area contributed by atoms with Crippen LogP contribution in [-0.4, -0.2) is 264 Å². The normalized spacial score (nSPS) is 21.9. The summed E-state index contributed by atoms with van der Waals surface area (Å²) in [5.74, 6) is -29.3. The number of amides is 14. The van der Waals surface area contributed by atoms with E-state index < -0.39 is 261 Å². The quantitative estimate of drug-likeness (QED) is 0.0223. The van der Waals surface area contributed by atoms with Crippen LogP contribution in [0.3, 0.4) is 0 Å². The van der Waals surface area contributed by atoms with Crippen molar-refractivity contribution in [2.45, 2.75) is 242 Å². The van der Waals surface area contributed by atoms with Gasteiger partial charge in [0.25, 0.3) is 0 Å². The van der Waals surface area contributed by atoms with Gasteiger partial charge >= 0.3 is 35.8 Å². The van der Waals surface area contributed by atoms with Gasteiger partial charge in [-0.15, -0.1) is 0 Å². The number of nitrogens with two attached hydrogens (primary N) is 2. The summed E-state index contributed by atoms with van der Waals surface area (Å²) >= 11 is 0. The lowest BCUT2D eigenvalue weighted by Crippen LogP contribution is -2.64. The van der Waals surface area contributed by atoms with Crippen LogP contribution in [0.1, 0.15) is 163 Å². The number of hydrogen-bond donors (Lipinski definition) is 21. The zero-order chi connectivity index (χ0) is 86.5. The number of aliphatic carboxylic acids is 5. The zero-order valence-electron chi connectivity index (χ0n) is 65.0. The Morgan fingerprint density at radius 3 is 1.74 bits per heavy atom. The van der Waals surface area contributed by atoms with E-state index >= 15 is 0 Å². The van der Waals surface area contributed by atoms with Gasteiger partial charge in [0.05, 0.1) is 32.4 Å². The number of esters is 1. The fraction of sp³-hybridized carbons (Fsp3) is 0.611. The Bertz CT molecular complexity index is 3820. The van der Waals surface area contributed by atoms with E-state index in [1.54, 1.807) is 30.5 Å². The number of carbonyl (C=O) groups excluding carboxylic acids is 15. The number of para-hydroxylation sites is 1. The topological polar surface area (TPSA) is 687 Å². The van der Waals surface area contributed by atoms with Crippen LogP contribution < -0.4 is 75.3 Å². The number of nitrogens with zero attached hydrogens (tertiary/aromatic N) is 1. The molecule has 0 bridgehead atoms. The molecule has 115 heavy (non-hydrogen) atoms. The Kier molecular flexibility index (Phi) is 41.3. The van der Waals surface area contributed by atoms with E-state index in [4.69, 9.17) is 16.2 Å². The summed E-state index contributed by atoms with van der Waals surface area (Å²) in [6.07, 6.45) is -6.05. The Balaban J connectivity index is 2.26. The van der Waals surface area contributed by atoms with Crippen LogP contribution in [0.2, 0.25) is 0 Å². The van der Waals surface area contributed by atoms with E-state index in [-0.39, 0.29) is 45.1 Å². The first-order valence-corrected chi connectivity index (χ1v) is 37.5. The molecule has 15 atom stereocenters. The Hall–Kier alpha value is -11.9. The number of cyclic esters (lactones) is 1. The summed E-state index contributed by atoms with van der Waals surface area (Å²) in [5.41, 5.74) is 12.2. The molecule has 0 aliphatic carbocycles. The van der Waals surface area contributed by atoms with Gasteiger partial charge in [-0.1, -0.05) is 84.4 Å². The van der Waals surface area contributed by atoms with E-state index in [1.807, 2.05) is 10.6 Å². The number of aliphatic hydroxyl groups excluding tert-OH is 1.